The summed E-state index contributed by atoms with van der Waals surface area (Å²) >= 11 is 0. The third kappa shape index (κ3) is 4.22. The van der Waals surface area contributed by atoms with Gasteiger partial charge in [0, 0.05) is 12.1 Å². The molecule has 3 heteroatoms. The average Bonchev–Trinajstić information content (AvgIpc) is 2.62. The molecule has 2 aromatic carbocycles. The number of piperidine rings is 1. The summed E-state index contributed by atoms with van der Waals surface area (Å²) in [5, 5.41) is 0. The van der Waals surface area contributed by atoms with Gasteiger partial charge in [-0.25, -0.2) is 0 Å². The molecule has 0 radical (unpaired) electrons. The van der Waals surface area contributed by atoms with Crippen molar-refractivity contribution in [1.82, 2.24) is 4.90 Å². The van der Waals surface area contributed by atoms with Crippen molar-refractivity contribution in [3.63, 3.8) is 0 Å². The Hall–Kier alpha value is -1.97. The van der Waals surface area contributed by atoms with Gasteiger partial charge >= 0.3 is 0 Å². The zero-order valence-corrected chi connectivity index (χ0v) is 16.2. The van der Waals surface area contributed by atoms with Crippen molar-refractivity contribution >= 4 is 5.78 Å². The zero-order chi connectivity index (χ0) is 18.8. The summed E-state index contributed by atoms with van der Waals surface area (Å²) in [6.07, 6.45) is 1.97. The molecule has 0 aliphatic carbocycles. The minimum Gasteiger partial charge on any atom is -0.320 e. The molecule has 0 saturated carbocycles. The summed E-state index contributed by atoms with van der Waals surface area (Å²) in [7, 11) is 0. The molecule has 1 saturated heterocycles. The first-order valence-electron chi connectivity index (χ1n) is 9.48. The van der Waals surface area contributed by atoms with E-state index in [9.17, 15) is 4.79 Å². The summed E-state index contributed by atoms with van der Waals surface area (Å²) < 4.78 is 0. The van der Waals surface area contributed by atoms with E-state index in [1.807, 2.05) is 30.3 Å². The number of nitrogens with two attached hydrogens (primary N) is 1. The number of Topliss-reactive ketones (excluding diaryl/α,β-unsaturated/α-hetero) is 1. The average molecular weight is 351 g/mol. The Morgan fingerprint density at radius 2 is 1.85 bits per heavy atom. The van der Waals surface area contributed by atoms with E-state index in [0.717, 1.165) is 31.5 Å². The number of hydrogen-bond donors (Lipinski definition) is 1. The minimum absolute atomic E-state index is 0.101. The first-order chi connectivity index (χ1) is 12.3. The molecule has 2 aromatic rings. The van der Waals surface area contributed by atoms with Gasteiger partial charge in [0.25, 0.3) is 0 Å². The van der Waals surface area contributed by atoms with E-state index in [4.69, 9.17) is 5.73 Å². The molecule has 1 heterocycles. The number of rotatable bonds is 4. The van der Waals surface area contributed by atoms with Crippen molar-refractivity contribution in [3.8, 4) is 0 Å². The van der Waals surface area contributed by atoms with Gasteiger partial charge in [0.15, 0.2) is 5.78 Å². The predicted molar refractivity (Wildman–Crippen MR) is 107 cm³/mol. The number of carbonyl (C=O) groups excluding carboxylic acids is 1. The molecule has 1 atom stereocenters. The van der Waals surface area contributed by atoms with Gasteiger partial charge in [0.05, 0.1) is 12.1 Å². The third-order valence-corrected chi connectivity index (χ3v) is 5.37. The van der Waals surface area contributed by atoms with E-state index in [2.05, 4.69) is 49.9 Å². The highest BCUT2D eigenvalue weighted by Gasteiger charge is 2.34. The van der Waals surface area contributed by atoms with Crippen LogP contribution in [0.5, 0.6) is 0 Å². The lowest BCUT2D eigenvalue weighted by Crippen LogP contribution is -2.53. The fourth-order valence-corrected chi connectivity index (χ4v) is 3.76. The molecule has 1 fully saturated rings. The van der Waals surface area contributed by atoms with Crippen molar-refractivity contribution < 1.29 is 4.79 Å². The molecule has 1 aliphatic heterocycles. The lowest BCUT2D eigenvalue weighted by molar-refractivity contribution is 0.0863. The summed E-state index contributed by atoms with van der Waals surface area (Å²) in [5.41, 5.74) is 9.81. The standard InChI is InChI=1S/C23H30N2O/c1-22(2,3)19-11-7-12-20(15-19)23(24)13-8-14-25(17-23)16-21(26)18-9-5-4-6-10-18/h4-7,9-12,15H,8,13-14,16-17,24H2,1-3H3. The second-order valence-corrected chi connectivity index (χ2v) is 8.59. The van der Waals surface area contributed by atoms with Crippen LogP contribution in [-0.2, 0) is 11.0 Å². The molecular weight excluding hydrogens is 320 g/mol. The van der Waals surface area contributed by atoms with Crippen molar-refractivity contribution in [2.45, 2.75) is 44.6 Å². The Balaban J connectivity index is 1.76. The largest absolute Gasteiger partial charge is 0.320 e. The number of carbonyl (C=O) groups is 1. The lowest BCUT2D eigenvalue weighted by atomic mass is 9.79. The first-order valence-corrected chi connectivity index (χ1v) is 9.48. The van der Waals surface area contributed by atoms with Crippen LogP contribution in [0.2, 0.25) is 0 Å². The van der Waals surface area contributed by atoms with Gasteiger partial charge < -0.3 is 5.73 Å². The predicted octanol–water partition coefficient (Wildman–Crippen LogP) is 4.12. The zero-order valence-electron chi connectivity index (χ0n) is 16.2. The van der Waals surface area contributed by atoms with E-state index in [1.54, 1.807) is 0 Å². The van der Waals surface area contributed by atoms with E-state index in [0.29, 0.717) is 6.54 Å². The van der Waals surface area contributed by atoms with Crippen LogP contribution >= 0.6 is 0 Å². The van der Waals surface area contributed by atoms with Crippen LogP contribution in [0, 0.1) is 0 Å². The highest BCUT2D eigenvalue weighted by atomic mass is 16.1. The van der Waals surface area contributed by atoms with Crippen molar-refractivity contribution in [2.24, 2.45) is 5.73 Å². The SMILES string of the molecule is CC(C)(C)c1cccc(C2(N)CCCN(CC(=O)c3ccccc3)C2)c1. The highest BCUT2D eigenvalue weighted by molar-refractivity contribution is 5.97. The van der Waals surface area contributed by atoms with Crippen molar-refractivity contribution in [3.05, 3.63) is 71.3 Å². The van der Waals surface area contributed by atoms with Crippen LogP contribution in [0.25, 0.3) is 0 Å². The second kappa shape index (κ2) is 7.34. The lowest BCUT2D eigenvalue weighted by Gasteiger charge is -2.41. The molecule has 3 nitrogen and oxygen atoms in total. The highest BCUT2D eigenvalue weighted by Crippen LogP contribution is 2.32. The Morgan fingerprint density at radius 1 is 1.12 bits per heavy atom. The van der Waals surface area contributed by atoms with Gasteiger partial charge in [-0.2, -0.15) is 0 Å². The maximum Gasteiger partial charge on any atom is 0.176 e. The normalized spacial score (nSPS) is 21.5. The van der Waals surface area contributed by atoms with Gasteiger partial charge in [-0.15, -0.1) is 0 Å². The molecule has 0 amide bonds. The Morgan fingerprint density at radius 3 is 2.54 bits per heavy atom. The summed E-state index contributed by atoms with van der Waals surface area (Å²) in [5.74, 6) is 0.165. The molecule has 1 unspecified atom stereocenters. The fraction of sp³-hybridized carbons (Fsp3) is 0.435. The molecule has 0 bridgehead atoms. The van der Waals surface area contributed by atoms with Crippen molar-refractivity contribution in [2.75, 3.05) is 19.6 Å². The monoisotopic (exact) mass is 350 g/mol. The number of benzene rings is 2. The number of likely N-dealkylation sites (tertiary alicyclic amines) is 1. The smallest absolute Gasteiger partial charge is 0.176 e. The van der Waals surface area contributed by atoms with Crippen LogP contribution < -0.4 is 5.73 Å². The van der Waals surface area contributed by atoms with Gasteiger partial charge in [-0.1, -0.05) is 75.4 Å². The third-order valence-electron chi connectivity index (χ3n) is 5.37. The maximum absolute atomic E-state index is 12.6. The molecule has 1 aliphatic rings. The number of hydrogen-bond acceptors (Lipinski definition) is 3. The summed E-state index contributed by atoms with van der Waals surface area (Å²) in [6.45, 7) is 8.75. The molecule has 3 rings (SSSR count). The van der Waals surface area contributed by atoms with Crippen LogP contribution in [0.4, 0.5) is 0 Å². The molecule has 138 valence electrons. The van der Waals surface area contributed by atoms with Crippen molar-refractivity contribution in [1.29, 1.82) is 0 Å². The quantitative estimate of drug-likeness (QED) is 0.844. The van der Waals surface area contributed by atoms with E-state index in [1.165, 1.54) is 11.1 Å². The molecule has 2 N–H and O–H groups in total. The first kappa shape index (κ1) is 18.8. The van der Waals surface area contributed by atoms with Crippen LogP contribution in [0.15, 0.2) is 54.6 Å². The Labute approximate surface area is 157 Å². The topological polar surface area (TPSA) is 46.3 Å². The Kier molecular flexibility index (Phi) is 5.31. The number of nitrogens with zero attached hydrogens (tertiary/aromatic N) is 1. The van der Waals surface area contributed by atoms with Gasteiger partial charge in [-0.05, 0) is 35.9 Å². The van der Waals surface area contributed by atoms with Crippen LogP contribution in [0.1, 0.15) is 55.1 Å². The number of ketones is 1. The van der Waals surface area contributed by atoms with Crippen LogP contribution in [0.3, 0.4) is 0 Å². The van der Waals surface area contributed by atoms with E-state index in [-0.39, 0.29) is 11.2 Å². The van der Waals surface area contributed by atoms with E-state index < -0.39 is 5.54 Å². The van der Waals surface area contributed by atoms with Gasteiger partial charge in [0.2, 0.25) is 0 Å². The summed E-state index contributed by atoms with van der Waals surface area (Å²) in [6, 6.07) is 18.2. The minimum atomic E-state index is -0.392. The molecule has 0 spiro atoms. The fourth-order valence-electron chi connectivity index (χ4n) is 3.76. The molecule has 26 heavy (non-hydrogen) atoms. The molecular formula is C23H30N2O. The van der Waals surface area contributed by atoms with Crippen LogP contribution in [-0.4, -0.2) is 30.3 Å². The molecule has 0 aromatic heterocycles. The summed E-state index contributed by atoms with van der Waals surface area (Å²) in [4.78, 5) is 14.8. The van der Waals surface area contributed by atoms with E-state index >= 15 is 0 Å². The van der Waals surface area contributed by atoms with Gasteiger partial charge in [0.1, 0.15) is 0 Å². The maximum atomic E-state index is 12.6. The second-order valence-electron chi connectivity index (χ2n) is 8.59. The van der Waals surface area contributed by atoms with Gasteiger partial charge in [-0.3, -0.25) is 9.69 Å². The Bertz CT molecular complexity index is 763.